The van der Waals surface area contributed by atoms with Gasteiger partial charge >= 0.3 is 0 Å². The predicted molar refractivity (Wildman–Crippen MR) is 79.5 cm³/mol. The minimum Gasteiger partial charge on any atom is -0.381 e. The molecule has 20 heavy (non-hydrogen) atoms. The molecule has 0 aromatic heterocycles. The van der Waals surface area contributed by atoms with Crippen molar-refractivity contribution in [1.82, 2.24) is 0 Å². The molecule has 4 nitrogen and oxygen atoms in total. The summed E-state index contributed by atoms with van der Waals surface area (Å²) in [5, 5.41) is 9.32. The van der Waals surface area contributed by atoms with E-state index in [-0.39, 0.29) is 10.6 Å². The van der Waals surface area contributed by atoms with E-state index >= 15 is 0 Å². The number of sulfone groups is 1. The topological polar surface area (TPSA) is 67.2 Å². The van der Waals surface area contributed by atoms with Crippen LogP contribution in [0.3, 0.4) is 0 Å². The minimum absolute atomic E-state index is 0.115. The van der Waals surface area contributed by atoms with Crippen molar-refractivity contribution in [3.05, 3.63) is 29.8 Å². The number of benzene rings is 1. The van der Waals surface area contributed by atoms with E-state index in [1.54, 1.807) is 30.0 Å². The number of nitriles is 1. The van der Waals surface area contributed by atoms with Gasteiger partial charge in [-0.25, -0.2) is 8.42 Å². The molecule has 1 heterocycles. The van der Waals surface area contributed by atoms with E-state index in [1.165, 1.54) is 6.07 Å². The van der Waals surface area contributed by atoms with Gasteiger partial charge in [-0.05, 0) is 31.0 Å². The molecule has 1 fully saturated rings. The van der Waals surface area contributed by atoms with Crippen molar-refractivity contribution >= 4 is 21.6 Å². The summed E-state index contributed by atoms with van der Waals surface area (Å²) in [6, 6.07) is 8.17. The Morgan fingerprint density at radius 2 is 2.10 bits per heavy atom. The Kier molecular flexibility index (Phi) is 5.46. The van der Waals surface area contributed by atoms with Crippen molar-refractivity contribution in [2.45, 2.75) is 23.0 Å². The first-order valence-electron chi connectivity index (χ1n) is 6.54. The summed E-state index contributed by atoms with van der Waals surface area (Å²) in [6.07, 6.45) is 1.99. The molecule has 0 radical (unpaired) electrons. The molecule has 1 saturated heterocycles. The maximum atomic E-state index is 12.2. The summed E-state index contributed by atoms with van der Waals surface area (Å²) in [5.41, 5.74) is 0.378. The Hall–Kier alpha value is -1.03. The van der Waals surface area contributed by atoms with Crippen molar-refractivity contribution in [1.29, 1.82) is 5.26 Å². The van der Waals surface area contributed by atoms with Gasteiger partial charge in [0.25, 0.3) is 0 Å². The standard InChI is InChI=1S/C14H17NO3S2/c15-11-12-2-1-3-14(10-12)20(16,17)9-8-19-13-4-6-18-7-5-13/h1-3,10,13H,4-9H2. The molecule has 1 aromatic carbocycles. The fourth-order valence-electron chi connectivity index (χ4n) is 2.04. The number of hydrogen-bond donors (Lipinski definition) is 0. The summed E-state index contributed by atoms with van der Waals surface area (Å²) >= 11 is 1.70. The lowest BCUT2D eigenvalue weighted by Crippen LogP contribution is -2.19. The van der Waals surface area contributed by atoms with Crippen LogP contribution in [0.5, 0.6) is 0 Å². The summed E-state index contributed by atoms with van der Waals surface area (Å²) in [5.74, 6) is 0.702. The first kappa shape index (κ1) is 15.4. The van der Waals surface area contributed by atoms with Crippen LogP contribution < -0.4 is 0 Å². The van der Waals surface area contributed by atoms with E-state index in [2.05, 4.69) is 0 Å². The van der Waals surface area contributed by atoms with Crippen LogP contribution in [-0.2, 0) is 14.6 Å². The van der Waals surface area contributed by atoms with Gasteiger partial charge in [-0.1, -0.05) is 6.07 Å². The molecule has 6 heteroatoms. The van der Waals surface area contributed by atoms with Gasteiger partial charge in [-0.2, -0.15) is 17.0 Å². The van der Waals surface area contributed by atoms with Crippen LogP contribution in [0.15, 0.2) is 29.2 Å². The molecule has 0 aliphatic carbocycles. The van der Waals surface area contributed by atoms with Crippen LogP contribution in [0.2, 0.25) is 0 Å². The summed E-state index contributed by atoms with van der Waals surface area (Å²) < 4.78 is 29.7. The SMILES string of the molecule is N#Cc1cccc(S(=O)(=O)CCSC2CCOCC2)c1. The van der Waals surface area contributed by atoms with Crippen molar-refractivity contribution in [2.75, 3.05) is 24.7 Å². The molecule has 0 N–H and O–H groups in total. The quantitative estimate of drug-likeness (QED) is 0.834. The fraction of sp³-hybridized carbons (Fsp3) is 0.500. The third-order valence-corrected chi connectivity index (χ3v) is 6.55. The lowest BCUT2D eigenvalue weighted by atomic mass is 10.2. The van der Waals surface area contributed by atoms with Gasteiger partial charge < -0.3 is 4.74 Å². The van der Waals surface area contributed by atoms with Crippen LogP contribution in [0.1, 0.15) is 18.4 Å². The monoisotopic (exact) mass is 311 g/mol. The van der Waals surface area contributed by atoms with Crippen molar-refractivity contribution in [3.8, 4) is 6.07 Å². The van der Waals surface area contributed by atoms with Gasteiger partial charge in [0.1, 0.15) is 0 Å². The smallest absolute Gasteiger partial charge is 0.179 e. The van der Waals surface area contributed by atoms with Crippen LogP contribution in [0.4, 0.5) is 0 Å². The van der Waals surface area contributed by atoms with Gasteiger partial charge in [-0.3, -0.25) is 0 Å². The van der Waals surface area contributed by atoms with Gasteiger partial charge in [0.2, 0.25) is 0 Å². The van der Waals surface area contributed by atoms with E-state index in [1.807, 2.05) is 6.07 Å². The van der Waals surface area contributed by atoms with E-state index < -0.39 is 9.84 Å². The first-order chi connectivity index (χ1) is 9.62. The number of rotatable bonds is 5. The molecule has 0 amide bonds. The zero-order chi connectivity index (χ0) is 14.4. The van der Waals surface area contributed by atoms with Crippen molar-refractivity contribution < 1.29 is 13.2 Å². The van der Waals surface area contributed by atoms with Gasteiger partial charge in [0.15, 0.2) is 9.84 Å². The van der Waals surface area contributed by atoms with Gasteiger partial charge in [0.05, 0.1) is 22.3 Å². The third kappa shape index (κ3) is 4.23. The Morgan fingerprint density at radius 1 is 1.35 bits per heavy atom. The predicted octanol–water partition coefficient (Wildman–Crippen LogP) is 2.24. The molecule has 2 rings (SSSR count). The first-order valence-corrected chi connectivity index (χ1v) is 9.24. The third-order valence-electron chi connectivity index (χ3n) is 3.20. The molecule has 0 unspecified atom stereocenters. The lowest BCUT2D eigenvalue weighted by Gasteiger charge is -2.21. The Bertz CT molecular complexity index is 587. The molecule has 108 valence electrons. The lowest BCUT2D eigenvalue weighted by molar-refractivity contribution is 0.100. The van der Waals surface area contributed by atoms with Crippen molar-refractivity contribution in [3.63, 3.8) is 0 Å². The molecule has 1 aliphatic rings. The zero-order valence-electron chi connectivity index (χ0n) is 11.1. The maximum absolute atomic E-state index is 12.2. The number of ether oxygens (including phenoxy) is 1. The number of thioether (sulfide) groups is 1. The second-order valence-corrected chi connectivity index (χ2v) is 8.16. The highest BCUT2D eigenvalue weighted by Crippen LogP contribution is 2.23. The second kappa shape index (κ2) is 7.11. The Balaban J connectivity index is 1.91. The summed E-state index contributed by atoms with van der Waals surface area (Å²) in [7, 11) is -3.30. The number of hydrogen-bond acceptors (Lipinski definition) is 5. The fourth-order valence-corrected chi connectivity index (χ4v) is 4.99. The highest BCUT2D eigenvalue weighted by atomic mass is 32.2. The van der Waals surface area contributed by atoms with E-state index in [0.29, 0.717) is 16.6 Å². The Labute approximate surface area is 124 Å². The molecular weight excluding hydrogens is 294 g/mol. The van der Waals surface area contributed by atoms with Crippen LogP contribution >= 0.6 is 11.8 Å². The maximum Gasteiger partial charge on any atom is 0.179 e. The van der Waals surface area contributed by atoms with Crippen LogP contribution in [-0.4, -0.2) is 38.4 Å². The van der Waals surface area contributed by atoms with Crippen LogP contribution in [0.25, 0.3) is 0 Å². The number of nitrogens with zero attached hydrogens (tertiary/aromatic N) is 1. The average molecular weight is 311 g/mol. The molecule has 0 bridgehead atoms. The highest BCUT2D eigenvalue weighted by molar-refractivity contribution is 8.01. The van der Waals surface area contributed by atoms with Gasteiger partial charge in [0, 0.05) is 24.2 Å². The summed E-state index contributed by atoms with van der Waals surface area (Å²) in [6.45, 7) is 1.54. The molecule has 0 saturated carbocycles. The van der Waals surface area contributed by atoms with E-state index in [9.17, 15) is 8.42 Å². The normalized spacial score (nSPS) is 16.8. The van der Waals surface area contributed by atoms with Gasteiger partial charge in [-0.15, -0.1) is 0 Å². The molecule has 1 aromatic rings. The average Bonchev–Trinajstić information content (AvgIpc) is 2.48. The molecule has 0 atom stereocenters. The van der Waals surface area contributed by atoms with Crippen molar-refractivity contribution in [2.24, 2.45) is 0 Å². The minimum atomic E-state index is -3.30. The molecular formula is C14H17NO3S2. The highest BCUT2D eigenvalue weighted by Gasteiger charge is 2.18. The van der Waals surface area contributed by atoms with E-state index in [4.69, 9.17) is 10.00 Å². The second-order valence-electron chi connectivity index (χ2n) is 4.64. The zero-order valence-corrected chi connectivity index (χ0v) is 12.8. The molecule has 0 spiro atoms. The largest absolute Gasteiger partial charge is 0.381 e. The molecule has 1 aliphatic heterocycles. The Morgan fingerprint density at radius 3 is 2.80 bits per heavy atom. The summed E-state index contributed by atoms with van der Waals surface area (Å²) in [4.78, 5) is 0.240. The van der Waals surface area contributed by atoms with E-state index in [0.717, 1.165) is 26.1 Å². The van der Waals surface area contributed by atoms with Crippen LogP contribution in [0, 0.1) is 11.3 Å².